The molecule has 0 fully saturated rings. The van der Waals surface area contributed by atoms with Gasteiger partial charge in [-0.2, -0.15) is 0 Å². The van der Waals surface area contributed by atoms with E-state index in [-0.39, 0.29) is 24.9 Å². The summed E-state index contributed by atoms with van der Waals surface area (Å²) in [4.78, 5) is 35.7. The van der Waals surface area contributed by atoms with Crippen LogP contribution in [0.1, 0.15) is 35.3 Å². The average molecular weight is 368 g/mol. The van der Waals surface area contributed by atoms with Gasteiger partial charge in [-0.3, -0.25) is 9.59 Å². The quantitative estimate of drug-likeness (QED) is 0.698. The first-order chi connectivity index (χ1) is 12.9. The van der Waals surface area contributed by atoms with Crippen molar-refractivity contribution in [1.29, 1.82) is 0 Å². The van der Waals surface area contributed by atoms with Gasteiger partial charge in [-0.1, -0.05) is 56.3 Å². The molecule has 2 aromatic rings. The van der Waals surface area contributed by atoms with Crippen LogP contribution < -0.4 is 11.1 Å². The molecule has 2 amide bonds. The van der Waals surface area contributed by atoms with Crippen molar-refractivity contribution in [2.45, 2.75) is 32.9 Å². The zero-order valence-electron chi connectivity index (χ0n) is 15.5. The van der Waals surface area contributed by atoms with Crippen molar-refractivity contribution in [2.24, 2.45) is 11.7 Å². The van der Waals surface area contributed by atoms with Gasteiger partial charge in [0, 0.05) is 5.56 Å². The summed E-state index contributed by atoms with van der Waals surface area (Å²) in [7, 11) is 0. The molecule has 0 heterocycles. The van der Waals surface area contributed by atoms with Gasteiger partial charge in [-0.25, -0.2) is 4.79 Å². The van der Waals surface area contributed by atoms with Crippen molar-refractivity contribution in [2.75, 3.05) is 0 Å². The van der Waals surface area contributed by atoms with Gasteiger partial charge in [0.1, 0.15) is 12.6 Å². The van der Waals surface area contributed by atoms with E-state index < -0.39 is 17.9 Å². The Morgan fingerprint density at radius 3 is 2.15 bits per heavy atom. The van der Waals surface area contributed by atoms with E-state index in [1.165, 1.54) is 0 Å². The molecule has 0 radical (unpaired) electrons. The lowest BCUT2D eigenvalue weighted by atomic mass is 10.0. The molecule has 3 N–H and O–H groups in total. The van der Waals surface area contributed by atoms with Crippen LogP contribution in [0.5, 0.6) is 0 Å². The van der Waals surface area contributed by atoms with Crippen LogP contribution >= 0.6 is 0 Å². The third-order valence-electron chi connectivity index (χ3n) is 4.06. The molecule has 1 atom stereocenters. The fourth-order valence-electron chi connectivity index (χ4n) is 2.51. The predicted molar refractivity (Wildman–Crippen MR) is 102 cm³/mol. The smallest absolute Gasteiger partial charge is 0.329 e. The van der Waals surface area contributed by atoms with Gasteiger partial charge in [0.25, 0.3) is 0 Å². The summed E-state index contributed by atoms with van der Waals surface area (Å²) in [5, 5.41) is 2.75. The molecule has 0 aliphatic carbocycles. The van der Waals surface area contributed by atoms with Crippen LogP contribution in [-0.2, 0) is 27.4 Å². The van der Waals surface area contributed by atoms with Gasteiger partial charge in [-0.15, -0.1) is 0 Å². The van der Waals surface area contributed by atoms with E-state index in [4.69, 9.17) is 10.5 Å². The zero-order chi connectivity index (χ0) is 19.8. The second-order valence-corrected chi connectivity index (χ2v) is 6.62. The van der Waals surface area contributed by atoms with Gasteiger partial charge in [0.2, 0.25) is 11.8 Å². The maximum Gasteiger partial charge on any atom is 0.329 e. The van der Waals surface area contributed by atoms with E-state index in [1.54, 1.807) is 24.3 Å². The molecule has 1 unspecified atom stereocenters. The standard InChI is InChI=1S/C21H24N2O4/c1-14(2)19(23-18(24)12-15-6-4-3-5-7-15)21(26)27-13-16-8-10-17(11-9-16)20(22)25/h3-11,14,19H,12-13H2,1-2H3,(H2,22,25)(H,23,24). The van der Waals surface area contributed by atoms with Gasteiger partial charge in [-0.05, 0) is 29.2 Å². The van der Waals surface area contributed by atoms with E-state index in [1.807, 2.05) is 44.2 Å². The van der Waals surface area contributed by atoms with Crippen LogP contribution in [0.15, 0.2) is 54.6 Å². The lowest BCUT2D eigenvalue weighted by Crippen LogP contribution is -2.45. The number of rotatable bonds is 8. The highest BCUT2D eigenvalue weighted by atomic mass is 16.5. The van der Waals surface area contributed by atoms with Crippen molar-refractivity contribution >= 4 is 17.8 Å². The summed E-state index contributed by atoms with van der Waals surface area (Å²) in [6.45, 7) is 3.74. The molecule has 0 aromatic heterocycles. The molecular formula is C21H24N2O4. The minimum atomic E-state index is -0.730. The monoisotopic (exact) mass is 368 g/mol. The van der Waals surface area contributed by atoms with Gasteiger partial charge in [0.15, 0.2) is 0 Å². The summed E-state index contributed by atoms with van der Waals surface area (Å²) in [6, 6.07) is 15.1. The molecule has 2 aromatic carbocycles. The number of carbonyl (C=O) groups is 3. The highest BCUT2D eigenvalue weighted by Gasteiger charge is 2.25. The van der Waals surface area contributed by atoms with Crippen molar-refractivity contribution in [1.82, 2.24) is 5.32 Å². The second kappa shape index (κ2) is 9.52. The van der Waals surface area contributed by atoms with E-state index in [0.717, 1.165) is 11.1 Å². The summed E-state index contributed by atoms with van der Waals surface area (Å²) >= 11 is 0. The Labute approximate surface area is 158 Å². The maximum atomic E-state index is 12.4. The van der Waals surface area contributed by atoms with Gasteiger partial charge in [0.05, 0.1) is 6.42 Å². The summed E-state index contributed by atoms with van der Waals surface area (Å²) in [5.41, 5.74) is 7.19. The minimum absolute atomic E-state index is 0.0512. The molecule has 6 heteroatoms. The van der Waals surface area contributed by atoms with E-state index in [9.17, 15) is 14.4 Å². The highest BCUT2D eigenvalue weighted by Crippen LogP contribution is 2.10. The molecule has 0 aliphatic heterocycles. The first kappa shape index (κ1) is 20.2. The normalized spacial score (nSPS) is 11.7. The highest BCUT2D eigenvalue weighted by molar-refractivity contribution is 5.92. The fraction of sp³-hybridized carbons (Fsp3) is 0.286. The molecule has 2 rings (SSSR count). The SMILES string of the molecule is CC(C)C(NC(=O)Cc1ccccc1)C(=O)OCc1ccc(C(N)=O)cc1. The number of amides is 2. The molecule has 0 spiro atoms. The predicted octanol–water partition coefficient (Wildman–Crippen LogP) is 2.21. The summed E-state index contributed by atoms with van der Waals surface area (Å²) in [5.74, 6) is -1.36. The largest absolute Gasteiger partial charge is 0.459 e. The Kier molecular flexibility index (Phi) is 7.11. The molecule has 0 saturated carbocycles. The van der Waals surface area contributed by atoms with E-state index in [2.05, 4.69) is 5.32 Å². The van der Waals surface area contributed by atoms with Crippen LogP contribution in [0.4, 0.5) is 0 Å². The van der Waals surface area contributed by atoms with Crippen LogP contribution in [-0.4, -0.2) is 23.8 Å². The van der Waals surface area contributed by atoms with Crippen LogP contribution in [0, 0.1) is 5.92 Å². The average Bonchev–Trinajstić information content (AvgIpc) is 2.65. The first-order valence-corrected chi connectivity index (χ1v) is 8.75. The molecule has 0 aliphatic rings. The Hall–Kier alpha value is -3.15. The van der Waals surface area contributed by atoms with E-state index >= 15 is 0 Å². The number of primary amides is 1. The molecule has 27 heavy (non-hydrogen) atoms. The van der Waals surface area contributed by atoms with Gasteiger partial charge >= 0.3 is 5.97 Å². The number of ether oxygens (including phenoxy) is 1. The van der Waals surface area contributed by atoms with Crippen LogP contribution in [0.2, 0.25) is 0 Å². The Bertz CT molecular complexity index is 786. The minimum Gasteiger partial charge on any atom is -0.459 e. The summed E-state index contributed by atoms with van der Waals surface area (Å²) < 4.78 is 5.33. The molecule has 0 saturated heterocycles. The van der Waals surface area contributed by atoms with E-state index in [0.29, 0.717) is 5.56 Å². The Morgan fingerprint density at radius 1 is 0.963 bits per heavy atom. The Morgan fingerprint density at radius 2 is 1.59 bits per heavy atom. The number of hydrogen-bond donors (Lipinski definition) is 2. The molecule has 0 bridgehead atoms. The van der Waals surface area contributed by atoms with Crippen molar-refractivity contribution < 1.29 is 19.1 Å². The molecular weight excluding hydrogens is 344 g/mol. The zero-order valence-corrected chi connectivity index (χ0v) is 15.5. The number of esters is 1. The van der Waals surface area contributed by atoms with Crippen molar-refractivity contribution in [3.63, 3.8) is 0 Å². The van der Waals surface area contributed by atoms with Crippen LogP contribution in [0.3, 0.4) is 0 Å². The van der Waals surface area contributed by atoms with Gasteiger partial charge < -0.3 is 15.8 Å². The summed E-state index contributed by atoms with van der Waals surface area (Å²) in [6.07, 6.45) is 0.200. The third-order valence-corrected chi connectivity index (χ3v) is 4.06. The number of nitrogens with one attached hydrogen (secondary N) is 1. The lowest BCUT2D eigenvalue weighted by molar-refractivity contribution is -0.150. The van der Waals surface area contributed by atoms with Crippen LogP contribution in [0.25, 0.3) is 0 Å². The molecule has 6 nitrogen and oxygen atoms in total. The van der Waals surface area contributed by atoms with Crippen molar-refractivity contribution in [3.05, 3.63) is 71.3 Å². The number of nitrogens with two attached hydrogens (primary N) is 1. The second-order valence-electron chi connectivity index (χ2n) is 6.62. The Balaban J connectivity index is 1.92. The number of benzene rings is 2. The third kappa shape index (κ3) is 6.26. The number of carbonyl (C=O) groups excluding carboxylic acids is 3. The number of hydrogen-bond acceptors (Lipinski definition) is 4. The maximum absolute atomic E-state index is 12.4. The van der Waals surface area contributed by atoms with Crippen molar-refractivity contribution in [3.8, 4) is 0 Å². The molecule has 142 valence electrons. The fourth-order valence-corrected chi connectivity index (χ4v) is 2.51. The first-order valence-electron chi connectivity index (χ1n) is 8.75. The lowest BCUT2D eigenvalue weighted by Gasteiger charge is -2.21. The topological polar surface area (TPSA) is 98.5 Å².